The van der Waals surface area contributed by atoms with Gasteiger partial charge in [0, 0.05) is 49.4 Å². The van der Waals surface area contributed by atoms with Crippen molar-refractivity contribution in [2.45, 2.75) is 11.4 Å². The Hall–Kier alpha value is -3.97. The van der Waals surface area contributed by atoms with Gasteiger partial charge in [0.15, 0.2) is 0 Å². The second kappa shape index (κ2) is 11.1. The maximum atomic E-state index is 12.3. The predicted octanol–water partition coefficient (Wildman–Crippen LogP) is 1.97. The summed E-state index contributed by atoms with van der Waals surface area (Å²) in [5, 5.41) is 20.1. The van der Waals surface area contributed by atoms with Crippen molar-refractivity contribution in [3.8, 4) is 5.75 Å². The summed E-state index contributed by atoms with van der Waals surface area (Å²) in [7, 11) is -3.95. The van der Waals surface area contributed by atoms with Crippen molar-refractivity contribution >= 4 is 27.4 Å². The number of aromatic nitrogens is 2. The molecule has 0 aliphatic carbocycles. The van der Waals surface area contributed by atoms with Crippen molar-refractivity contribution in [3.05, 3.63) is 77.1 Å². The molecule has 0 saturated heterocycles. The van der Waals surface area contributed by atoms with Gasteiger partial charge in [-0.3, -0.25) is 14.8 Å². The fourth-order valence-electron chi connectivity index (χ4n) is 2.74. The molecule has 1 heterocycles. The van der Waals surface area contributed by atoms with E-state index in [0.29, 0.717) is 24.6 Å². The summed E-state index contributed by atoms with van der Waals surface area (Å²) >= 11 is 0. The molecule has 3 N–H and O–H groups in total. The SMILES string of the molecule is O=C(NCCNS(=O)(=O)c1cccc([N+](=O)[O-])c1)Nc1cccc(OCCn2cccn2)c1. The number of nitrogens with zero attached hydrogens (tertiary/aromatic N) is 3. The third-order valence-corrected chi connectivity index (χ3v) is 5.74. The Morgan fingerprint density at radius 1 is 1.12 bits per heavy atom. The van der Waals surface area contributed by atoms with Gasteiger partial charge in [-0.1, -0.05) is 12.1 Å². The lowest BCUT2D eigenvalue weighted by Crippen LogP contribution is -2.36. The second-order valence-electron chi connectivity index (χ2n) is 6.68. The summed E-state index contributed by atoms with van der Waals surface area (Å²) in [6.07, 6.45) is 3.51. The van der Waals surface area contributed by atoms with E-state index in [1.807, 2.05) is 12.3 Å². The molecule has 0 saturated carbocycles. The zero-order valence-electron chi connectivity index (χ0n) is 17.4. The molecule has 0 aliphatic rings. The van der Waals surface area contributed by atoms with Crippen LogP contribution in [0.4, 0.5) is 16.2 Å². The lowest BCUT2D eigenvalue weighted by molar-refractivity contribution is -0.385. The average molecular weight is 474 g/mol. The van der Waals surface area contributed by atoms with Crippen LogP contribution in [-0.4, -0.2) is 48.8 Å². The Morgan fingerprint density at radius 3 is 2.70 bits per heavy atom. The molecular formula is C20H22N6O6S. The highest BCUT2D eigenvalue weighted by Gasteiger charge is 2.17. The molecule has 33 heavy (non-hydrogen) atoms. The van der Waals surface area contributed by atoms with Gasteiger partial charge >= 0.3 is 6.03 Å². The van der Waals surface area contributed by atoms with Gasteiger partial charge in [0.1, 0.15) is 12.4 Å². The smallest absolute Gasteiger partial charge is 0.319 e. The average Bonchev–Trinajstić information content (AvgIpc) is 3.31. The van der Waals surface area contributed by atoms with Crippen LogP contribution in [0.3, 0.4) is 0 Å². The van der Waals surface area contributed by atoms with E-state index in [2.05, 4.69) is 20.5 Å². The molecule has 0 radical (unpaired) electrons. The monoisotopic (exact) mass is 474 g/mol. The van der Waals surface area contributed by atoms with Crippen molar-refractivity contribution in [2.24, 2.45) is 0 Å². The number of nitro benzene ring substituents is 1. The number of nitro groups is 1. The number of anilines is 1. The van der Waals surface area contributed by atoms with E-state index in [0.717, 1.165) is 6.07 Å². The third-order valence-electron chi connectivity index (χ3n) is 4.28. The minimum Gasteiger partial charge on any atom is -0.492 e. The van der Waals surface area contributed by atoms with Gasteiger partial charge in [-0.2, -0.15) is 5.10 Å². The number of sulfonamides is 1. The van der Waals surface area contributed by atoms with E-state index in [4.69, 9.17) is 4.74 Å². The van der Waals surface area contributed by atoms with Crippen LogP contribution in [-0.2, 0) is 16.6 Å². The first-order valence-electron chi connectivity index (χ1n) is 9.83. The van der Waals surface area contributed by atoms with Crippen molar-refractivity contribution in [1.29, 1.82) is 0 Å². The number of carbonyl (C=O) groups excluding carboxylic acids is 1. The highest BCUT2D eigenvalue weighted by Crippen LogP contribution is 2.18. The van der Waals surface area contributed by atoms with Gasteiger partial charge in [-0.25, -0.2) is 17.9 Å². The Bertz CT molecular complexity index is 1200. The van der Waals surface area contributed by atoms with E-state index in [1.54, 1.807) is 35.1 Å². The standard InChI is InChI=1S/C20H22N6O6S/c27-20(21-9-10-23-33(30,31)19-7-2-5-17(15-19)26(28)29)24-16-4-1-6-18(14-16)32-13-12-25-11-3-8-22-25/h1-8,11,14-15,23H,9-10,12-13H2,(H2,21,24,27). The van der Waals surface area contributed by atoms with E-state index in [9.17, 15) is 23.3 Å². The fourth-order valence-corrected chi connectivity index (χ4v) is 3.81. The van der Waals surface area contributed by atoms with Gasteiger partial charge in [0.25, 0.3) is 5.69 Å². The zero-order chi connectivity index (χ0) is 23.7. The number of hydrogen-bond acceptors (Lipinski definition) is 7. The summed E-state index contributed by atoms with van der Waals surface area (Å²) in [5.41, 5.74) is 0.171. The molecule has 0 fully saturated rings. The van der Waals surface area contributed by atoms with Crippen LogP contribution in [0.2, 0.25) is 0 Å². The number of non-ortho nitro benzene ring substituents is 1. The van der Waals surface area contributed by atoms with E-state index in [1.165, 1.54) is 18.2 Å². The molecular weight excluding hydrogens is 452 g/mol. The lowest BCUT2D eigenvalue weighted by atomic mass is 10.3. The molecule has 2 amide bonds. The minimum absolute atomic E-state index is 0.0000507. The van der Waals surface area contributed by atoms with E-state index < -0.39 is 21.0 Å². The topological polar surface area (TPSA) is 157 Å². The lowest BCUT2D eigenvalue weighted by Gasteiger charge is -2.11. The van der Waals surface area contributed by atoms with Crippen molar-refractivity contribution in [1.82, 2.24) is 19.8 Å². The highest BCUT2D eigenvalue weighted by molar-refractivity contribution is 7.89. The van der Waals surface area contributed by atoms with Gasteiger partial charge in [0.2, 0.25) is 10.0 Å². The van der Waals surface area contributed by atoms with Gasteiger partial charge in [0.05, 0.1) is 16.4 Å². The first kappa shape index (κ1) is 23.7. The molecule has 174 valence electrons. The van der Waals surface area contributed by atoms with Crippen LogP contribution >= 0.6 is 0 Å². The molecule has 0 unspecified atom stereocenters. The summed E-state index contributed by atoms with van der Waals surface area (Å²) < 4.78 is 34.2. The second-order valence-corrected chi connectivity index (χ2v) is 8.45. The number of nitrogens with one attached hydrogen (secondary N) is 3. The van der Waals surface area contributed by atoms with Crippen LogP contribution in [0.5, 0.6) is 5.75 Å². The Kier molecular flexibility index (Phi) is 7.94. The summed E-state index contributed by atoms with van der Waals surface area (Å²) in [6.45, 7) is 0.883. The molecule has 13 heteroatoms. The number of urea groups is 1. The number of rotatable bonds is 11. The number of carbonyl (C=O) groups is 1. The predicted molar refractivity (Wildman–Crippen MR) is 119 cm³/mol. The third kappa shape index (κ3) is 7.29. The highest BCUT2D eigenvalue weighted by atomic mass is 32.2. The summed E-state index contributed by atoms with van der Waals surface area (Å²) in [6, 6.07) is 12.8. The number of ether oxygens (including phenoxy) is 1. The van der Waals surface area contributed by atoms with Crippen LogP contribution < -0.4 is 20.1 Å². The largest absolute Gasteiger partial charge is 0.492 e. The molecule has 0 bridgehead atoms. The fraction of sp³-hybridized carbons (Fsp3) is 0.200. The zero-order valence-corrected chi connectivity index (χ0v) is 18.2. The van der Waals surface area contributed by atoms with E-state index in [-0.39, 0.29) is 23.7 Å². The van der Waals surface area contributed by atoms with E-state index >= 15 is 0 Å². The number of hydrogen-bond donors (Lipinski definition) is 3. The van der Waals surface area contributed by atoms with Crippen molar-refractivity contribution < 1.29 is 22.9 Å². The molecule has 0 spiro atoms. The van der Waals surface area contributed by atoms with Crippen LogP contribution in [0.15, 0.2) is 71.9 Å². The quantitative estimate of drug-likeness (QED) is 0.218. The number of amides is 2. The molecule has 0 aliphatic heterocycles. The molecule has 2 aromatic carbocycles. The van der Waals surface area contributed by atoms with Gasteiger partial charge in [-0.15, -0.1) is 0 Å². The van der Waals surface area contributed by atoms with Crippen LogP contribution in [0, 0.1) is 10.1 Å². The Balaban J connectivity index is 1.42. The molecule has 0 atom stereocenters. The normalized spacial score (nSPS) is 11.0. The first-order chi connectivity index (χ1) is 15.8. The van der Waals surface area contributed by atoms with Crippen molar-refractivity contribution in [3.63, 3.8) is 0 Å². The number of benzene rings is 2. The van der Waals surface area contributed by atoms with Gasteiger partial charge < -0.3 is 15.4 Å². The van der Waals surface area contributed by atoms with Crippen LogP contribution in [0.25, 0.3) is 0 Å². The Labute approximate surface area is 189 Å². The first-order valence-corrected chi connectivity index (χ1v) is 11.3. The molecule has 12 nitrogen and oxygen atoms in total. The molecule has 3 aromatic rings. The van der Waals surface area contributed by atoms with Crippen LogP contribution in [0.1, 0.15) is 0 Å². The summed E-state index contributed by atoms with van der Waals surface area (Å²) in [5.74, 6) is 0.574. The van der Waals surface area contributed by atoms with Crippen molar-refractivity contribution in [2.75, 3.05) is 25.0 Å². The molecule has 3 rings (SSSR count). The minimum atomic E-state index is -3.95. The maximum Gasteiger partial charge on any atom is 0.319 e. The summed E-state index contributed by atoms with van der Waals surface area (Å²) in [4.78, 5) is 22.0. The van der Waals surface area contributed by atoms with Gasteiger partial charge in [-0.05, 0) is 24.3 Å². The molecule has 1 aromatic heterocycles. The Morgan fingerprint density at radius 2 is 1.94 bits per heavy atom. The maximum absolute atomic E-state index is 12.3.